The Balaban J connectivity index is 3.45. The molecule has 3 nitrogen and oxygen atoms in total. The molecule has 0 aromatic carbocycles. The average molecular weight is 354 g/mol. The van der Waals surface area contributed by atoms with Gasteiger partial charge in [0.15, 0.2) is 0 Å². The summed E-state index contributed by atoms with van der Waals surface area (Å²) >= 11 is 1.70. The van der Waals surface area contributed by atoms with Crippen molar-refractivity contribution in [3.63, 3.8) is 0 Å². The van der Waals surface area contributed by atoms with Crippen molar-refractivity contribution in [2.45, 2.75) is 11.3 Å². The van der Waals surface area contributed by atoms with Gasteiger partial charge in [-0.1, -0.05) is 0 Å². The van der Waals surface area contributed by atoms with Gasteiger partial charge >= 0.3 is 0 Å². The number of rotatable bonds is 2. The van der Waals surface area contributed by atoms with Crippen molar-refractivity contribution in [1.82, 2.24) is 4.98 Å². The number of alkyl halides is 2. The fraction of sp³-hybridized carbons (Fsp3) is 0.167. The van der Waals surface area contributed by atoms with Crippen LogP contribution in [0.3, 0.4) is 0 Å². The van der Waals surface area contributed by atoms with Gasteiger partial charge in [0.1, 0.15) is 8.60 Å². The van der Waals surface area contributed by atoms with Crippen LogP contribution >= 0.6 is 33.3 Å². The summed E-state index contributed by atoms with van der Waals surface area (Å²) in [4.78, 5) is 2.93. The molecule has 0 bridgehead atoms. The molecular formula is C6H3ClF2INO2S. The number of nitrogens with zero attached hydrogens (tertiary/aromatic N) is 1. The van der Waals surface area contributed by atoms with Crippen molar-refractivity contribution >= 4 is 42.3 Å². The summed E-state index contributed by atoms with van der Waals surface area (Å²) in [6.07, 6.45) is -2.07. The molecule has 0 saturated heterocycles. The molecule has 1 heterocycles. The number of pyridine rings is 1. The third-order valence-electron chi connectivity index (χ3n) is 1.36. The number of aromatic nitrogens is 1. The van der Waals surface area contributed by atoms with E-state index in [1.165, 1.54) is 0 Å². The van der Waals surface area contributed by atoms with E-state index in [4.69, 9.17) is 10.7 Å². The zero-order chi connectivity index (χ0) is 10.9. The summed E-state index contributed by atoms with van der Waals surface area (Å²) < 4.78 is 46.8. The second-order valence-electron chi connectivity index (χ2n) is 2.28. The molecule has 0 aliphatic rings. The summed E-state index contributed by atoms with van der Waals surface area (Å²) in [6.45, 7) is 0. The standard InChI is InChI=1S/C6H3ClF2INO2S/c7-14(12,13)4-2-11-5(10)1-3(4)6(8)9/h1-2,6H. The van der Waals surface area contributed by atoms with E-state index < -0.39 is 25.9 Å². The van der Waals surface area contributed by atoms with Crippen molar-refractivity contribution in [3.05, 3.63) is 21.5 Å². The maximum atomic E-state index is 12.4. The van der Waals surface area contributed by atoms with Crippen molar-refractivity contribution in [2.75, 3.05) is 0 Å². The average Bonchev–Trinajstić information content (AvgIpc) is 2.01. The Morgan fingerprint density at radius 2 is 2.07 bits per heavy atom. The molecule has 0 radical (unpaired) electrons. The molecule has 0 aliphatic heterocycles. The van der Waals surface area contributed by atoms with Crippen LogP contribution in [0.15, 0.2) is 17.2 Å². The molecule has 0 unspecified atom stereocenters. The van der Waals surface area contributed by atoms with E-state index in [2.05, 4.69) is 4.98 Å². The van der Waals surface area contributed by atoms with Crippen molar-refractivity contribution in [3.8, 4) is 0 Å². The van der Waals surface area contributed by atoms with Gasteiger partial charge in [0.05, 0.1) is 0 Å². The van der Waals surface area contributed by atoms with E-state index in [9.17, 15) is 17.2 Å². The first kappa shape index (κ1) is 12.1. The number of hydrogen-bond acceptors (Lipinski definition) is 3. The van der Waals surface area contributed by atoms with Crippen LogP contribution < -0.4 is 0 Å². The van der Waals surface area contributed by atoms with Crippen molar-refractivity contribution < 1.29 is 17.2 Å². The van der Waals surface area contributed by atoms with Gasteiger partial charge in [-0.2, -0.15) is 0 Å². The molecule has 78 valence electrons. The minimum atomic E-state index is -4.17. The quantitative estimate of drug-likeness (QED) is 0.466. The first-order valence-corrected chi connectivity index (χ1v) is 6.59. The molecule has 0 saturated carbocycles. The Kier molecular flexibility index (Phi) is 3.64. The molecule has 0 fully saturated rings. The van der Waals surface area contributed by atoms with Crippen LogP contribution in [-0.4, -0.2) is 13.4 Å². The van der Waals surface area contributed by atoms with Crippen LogP contribution in [0.25, 0.3) is 0 Å². The fourth-order valence-electron chi connectivity index (χ4n) is 0.806. The molecule has 0 N–H and O–H groups in total. The maximum absolute atomic E-state index is 12.4. The second kappa shape index (κ2) is 4.23. The van der Waals surface area contributed by atoms with E-state index in [1.54, 1.807) is 22.6 Å². The van der Waals surface area contributed by atoms with Gasteiger partial charge < -0.3 is 0 Å². The van der Waals surface area contributed by atoms with Gasteiger partial charge in [-0.05, 0) is 28.7 Å². The Hall–Kier alpha value is -0.0200. The molecule has 1 rings (SSSR count). The Labute approximate surface area is 97.0 Å². The number of hydrogen-bond donors (Lipinski definition) is 0. The Morgan fingerprint density at radius 1 is 1.50 bits per heavy atom. The maximum Gasteiger partial charge on any atom is 0.265 e. The molecular weight excluding hydrogens is 350 g/mol. The lowest BCUT2D eigenvalue weighted by atomic mass is 10.3. The highest BCUT2D eigenvalue weighted by atomic mass is 127. The first-order chi connectivity index (χ1) is 6.32. The Bertz CT molecular complexity index is 451. The summed E-state index contributed by atoms with van der Waals surface area (Å²) in [7, 11) is 0.788. The Morgan fingerprint density at radius 3 is 2.50 bits per heavy atom. The van der Waals surface area contributed by atoms with E-state index in [1.807, 2.05) is 0 Å². The summed E-state index contributed by atoms with van der Waals surface area (Å²) in [5, 5.41) is 0. The minimum Gasteiger partial charge on any atom is -0.249 e. The van der Waals surface area contributed by atoms with Crippen LogP contribution in [0.5, 0.6) is 0 Å². The van der Waals surface area contributed by atoms with Gasteiger partial charge in [0, 0.05) is 22.4 Å². The van der Waals surface area contributed by atoms with Gasteiger partial charge in [0.25, 0.3) is 15.5 Å². The summed E-state index contributed by atoms with van der Waals surface area (Å²) in [6, 6.07) is 0.987. The minimum absolute atomic E-state index is 0.280. The van der Waals surface area contributed by atoms with E-state index in [0.717, 1.165) is 12.3 Å². The molecule has 0 amide bonds. The van der Waals surface area contributed by atoms with Gasteiger partial charge in [-0.15, -0.1) is 0 Å². The largest absolute Gasteiger partial charge is 0.265 e. The highest BCUT2D eigenvalue weighted by molar-refractivity contribution is 14.1. The monoisotopic (exact) mass is 353 g/mol. The van der Waals surface area contributed by atoms with Gasteiger partial charge in [-0.25, -0.2) is 22.2 Å². The molecule has 1 aromatic rings. The zero-order valence-corrected chi connectivity index (χ0v) is 10.1. The van der Waals surface area contributed by atoms with Crippen LogP contribution in [0.4, 0.5) is 8.78 Å². The molecule has 0 aliphatic carbocycles. The van der Waals surface area contributed by atoms with Crippen molar-refractivity contribution in [1.29, 1.82) is 0 Å². The van der Waals surface area contributed by atoms with E-state index in [-0.39, 0.29) is 3.70 Å². The van der Waals surface area contributed by atoms with Crippen LogP contribution in [0.1, 0.15) is 12.0 Å². The third-order valence-corrected chi connectivity index (χ3v) is 3.32. The SMILES string of the molecule is O=S(=O)(Cl)c1cnc(I)cc1C(F)F. The highest BCUT2D eigenvalue weighted by Gasteiger charge is 2.22. The van der Waals surface area contributed by atoms with Crippen LogP contribution in [0.2, 0.25) is 0 Å². The normalized spacial score (nSPS) is 12.1. The lowest BCUT2D eigenvalue weighted by Crippen LogP contribution is -2.00. The third kappa shape index (κ3) is 2.74. The zero-order valence-electron chi connectivity index (χ0n) is 6.42. The van der Waals surface area contributed by atoms with Crippen molar-refractivity contribution in [2.24, 2.45) is 0 Å². The topological polar surface area (TPSA) is 47.0 Å². The predicted octanol–water partition coefficient (Wildman–Crippen LogP) is 2.55. The van der Waals surface area contributed by atoms with Gasteiger partial charge in [-0.3, -0.25) is 0 Å². The molecule has 0 atom stereocenters. The number of halogens is 4. The second-order valence-corrected chi connectivity index (χ2v) is 5.92. The van der Waals surface area contributed by atoms with E-state index in [0.29, 0.717) is 0 Å². The first-order valence-electron chi connectivity index (χ1n) is 3.20. The summed E-state index contributed by atoms with van der Waals surface area (Å²) in [5.41, 5.74) is -0.626. The fourth-order valence-corrected chi connectivity index (χ4v) is 2.28. The van der Waals surface area contributed by atoms with Crippen LogP contribution in [0, 0.1) is 3.70 Å². The van der Waals surface area contributed by atoms with E-state index >= 15 is 0 Å². The molecule has 14 heavy (non-hydrogen) atoms. The predicted molar refractivity (Wildman–Crippen MR) is 54.9 cm³/mol. The molecule has 1 aromatic heterocycles. The lowest BCUT2D eigenvalue weighted by molar-refractivity contribution is 0.147. The lowest BCUT2D eigenvalue weighted by Gasteiger charge is -2.04. The van der Waals surface area contributed by atoms with Gasteiger partial charge in [0.2, 0.25) is 0 Å². The smallest absolute Gasteiger partial charge is 0.249 e. The highest BCUT2D eigenvalue weighted by Crippen LogP contribution is 2.28. The molecule has 0 spiro atoms. The molecule has 8 heteroatoms. The van der Waals surface area contributed by atoms with Crippen LogP contribution in [-0.2, 0) is 9.05 Å². The summed E-state index contributed by atoms with van der Waals surface area (Å²) in [5.74, 6) is 0.